The molecule has 0 aliphatic heterocycles. The molecule has 2 rings (SSSR count). The zero-order valence-corrected chi connectivity index (χ0v) is 12.1. The lowest BCUT2D eigenvalue weighted by atomic mass is 10.1. The van der Waals surface area contributed by atoms with E-state index in [0.717, 1.165) is 3.79 Å². The Hall–Kier alpha value is -1.80. The number of carbonyl (C=O) groups is 1. The van der Waals surface area contributed by atoms with Gasteiger partial charge in [0.1, 0.15) is 0 Å². The fraction of sp³-hybridized carbons (Fsp3) is 0.0909. The number of rotatable bonds is 3. The molecule has 0 radical (unpaired) electrons. The summed E-state index contributed by atoms with van der Waals surface area (Å²) in [6, 6.07) is 4.11. The van der Waals surface area contributed by atoms with Gasteiger partial charge in [-0.15, -0.1) is 0 Å². The minimum atomic E-state index is -0.493. The third-order valence-electron chi connectivity index (χ3n) is 2.36. The van der Waals surface area contributed by atoms with Gasteiger partial charge in [0.25, 0.3) is 11.6 Å². The monoisotopic (exact) mass is 341 g/mol. The van der Waals surface area contributed by atoms with Gasteiger partial charge in [-0.1, -0.05) is 11.3 Å². The molecule has 1 N–H and O–H groups in total. The normalized spacial score (nSPS) is 10.2. The first-order valence-electron chi connectivity index (χ1n) is 5.15. The highest BCUT2D eigenvalue weighted by atomic mass is 79.9. The smallest absolute Gasteiger partial charge is 0.269 e. The summed E-state index contributed by atoms with van der Waals surface area (Å²) in [7, 11) is 0. The number of thiazole rings is 1. The van der Waals surface area contributed by atoms with Crippen molar-refractivity contribution in [3.05, 3.63) is 49.4 Å². The van der Waals surface area contributed by atoms with Crippen molar-refractivity contribution in [2.45, 2.75) is 6.92 Å². The number of carbonyl (C=O) groups excluding carboxylic acids is 1. The number of non-ortho nitro benzene ring substituents is 1. The molecule has 6 nitrogen and oxygen atoms in total. The van der Waals surface area contributed by atoms with Crippen molar-refractivity contribution in [3.63, 3.8) is 0 Å². The summed E-state index contributed by atoms with van der Waals surface area (Å²) in [5.41, 5.74) is 0.894. The molecule has 19 heavy (non-hydrogen) atoms. The molecule has 8 heteroatoms. The number of nitrogens with one attached hydrogen (secondary N) is 1. The number of nitro groups is 1. The number of hydrogen-bond donors (Lipinski definition) is 1. The van der Waals surface area contributed by atoms with Crippen molar-refractivity contribution >= 4 is 44.0 Å². The van der Waals surface area contributed by atoms with Gasteiger partial charge in [0.05, 0.1) is 14.9 Å². The van der Waals surface area contributed by atoms with E-state index >= 15 is 0 Å². The van der Waals surface area contributed by atoms with Gasteiger partial charge >= 0.3 is 0 Å². The highest BCUT2D eigenvalue weighted by Gasteiger charge is 2.14. The molecule has 0 aliphatic carbocycles. The molecule has 0 unspecified atom stereocenters. The molecule has 0 saturated carbocycles. The summed E-state index contributed by atoms with van der Waals surface area (Å²) in [5.74, 6) is -0.339. The van der Waals surface area contributed by atoms with Crippen LogP contribution in [0, 0.1) is 17.0 Å². The van der Waals surface area contributed by atoms with Crippen LogP contribution in [0.25, 0.3) is 0 Å². The van der Waals surface area contributed by atoms with Gasteiger partial charge in [0.15, 0.2) is 5.13 Å². The molecule has 1 amide bonds. The predicted octanol–water partition coefficient (Wildman–Crippen LogP) is 3.37. The average molecular weight is 342 g/mol. The van der Waals surface area contributed by atoms with Crippen LogP contribution in [-0.4, -0.2) is 15.8 Å². The summed E-state index contributed by atoms with van der Waals surface area (Å²) in [6.07, 6.45) is 1.59. The molecule has 1 heterocycles. The summed E-state index contributed by atoms with van der Waals surface area (Å²) in [6.45, 7) is 1.65. The third kappa shape index (κ3) is 3.15. The number of hydrogen-bond acceptors (Lipinski definition) is 5. The molecule has 0 atom stereocenters. The molecule has 0 bridgehead atoms. The maximum Gasteiger partial charge on any atom is 0.269 e. The summed E-state index contributed by atoms with van der Waals surface area (Å²) in [4.78, 5) is 26.1. The van der Waals surface area contributed by atoms with Crippen molar-refractivity contribution in [1.82, 2.24) is 4.98 Å². The molecule has 2 aromatic rings. The standard InChI is InChI=1S/C11H8BrN3O3S/c1-6-4-7(15(17)18)2-3-8(6)10(16)14-11-13-5-9(12)19-11/h2-5H,1H3,(H,13,14,16). The van der Waals surface area contributed by atoms with E-state index < -0.39 is 4.92 Å². The zero-order chi connectivity index (χ0) is 14.0. The lowest BCUT2D eigenvalue weighted by molar-refractivity contribution is -0.384. The van der Waals surface area contributed by atoms with Crippen LogP contribution in [0.2, 0.25) is 0 Å². The number of aromatic nitrogens is 1. The van der Waals surface area contributed by atoms with Gasteiger partial charge in [-0.3, -0.25) is 20.2 Å². The maximum absolute atomic E-state index is 12.0. The van der Waals surface area contributed by atoms with E-state index in [1.807, 2.05) is 0 Å². The van der Waals surface area contributed by atoms with Gasteiger partial charge in [0, 0.05) is 17.7 Å². The van der Waals surface area contributed by atoms with Crippen molar-refractivity contribution in [2.75, 3.05) is 5.32 Å². The maximum atomic E-state index is 12.0. The number of nitro benzene ring substituents is 1. The average Bonchev–Trinajstić information content (AvgIpc) is 2.74. The highest BCUT2D eigenvalue weighted by Crippen LogP contribution is 2.24. The van der Waals surface area contributed by atoms with Gasteiger partial charge in [-0.2, -0.15) is 0 Å². The minimum Gasteiger partial charge on any atom is -0.298 e. The number of amides is 1. The Balaban J connectivity index is 2.22. The first-order valence-corrected chi connectivity index (χ1v) is 6.76. The molecular weight excluding hydrogens is 334 g/mol. The van der Waals surface area contributed by atoms with Crippen molar-refractivity contribution < 1.29 is 9.72 Å². The van der Waals surface area contributed by atoms with E-state index in [1.165, 1.54) is 29.5 Å². The number of benzene rings is 1. The molecule has 0 saturated heterocycles. The third-order valence-corrected chi connectivity index (χ3v) is 3.75. The van der Waals surface area contributed by atoms with E-state index in [0.29, 0.717) is 16.3 Å². The van der Waals surface area contributed by atoms with Crippen LogP contribution in [0.15, 0.2) is 28.2 Å². The molecular formula is C11H8BrN3O3S. The van der Waals surface area contributed by atoms with E-state index in [9.17, 15) is 14.9 Å². The Labute approximate surface area is 120 Å². The Kier molecular flexibility index (Phi) is 3.91. The van der Waals surface area contributed by atoms with Gasteiger partial charge in [0.2, 0.25) is 0 Å². The Morgan fingerprint density at radius 2 is 2.26 bits per heavy atom. The Morgan fingerprint density at radius 3 is 2.79 bits per heavy atom. The fourth-order valence-corrected chi connectivity index (χ4v) is 2.59. The van der Waals surface area contributed by atoms with Crippen LogP contribution < -0.4 is 5.32 Å². The van der Waals surface area contributed by atoms with Gasteiger partial charge in [-0.25, -0.2) is 4.98 Å². The topological polar surface area (TPSA) is 85.1 Å². The number of nitrogens with zero attached hydrogens (tertiary/aromatic N) is 2. The quantitative estimate of drug-likeness (QED) is 0.684. The van der Waals surface area contributed by atoms with Gasteiger partial charge in [-0.05, 0) is 34.5 Å². The Bertz CT molecular complexity index is 656. The fourth-order valence-electron chi connectivity index (χ4n) is 1.49. The molecule has 0 aliphatic rings. The van der Waals surface area contributed by atoms with Crippen LogP contribution in [0.4, 0.5) is 10.8 Å². The van der Waals surface area contributed by atoms with E-state index in [2.05, 4.69) is 26.2 Å². The van der Waals surface area contributed by atoms with Crippen molar-refractivity contribution in [3.8, 4) is 0 Å². The largest absolute Gasteiger partial charge is 0.298 e. The van der Waals surface area contributed by atoms with Gasteiger partial charge < -0.3 is 0 Å². The second-order valence-corrected chi connectivity index (χ2v) is 6.09. The predicted molar refractivity (Wildman–Crippen MR) is 75.6 cm³/mol. The number of aryl methyl sites for hydroxylation is 1. The van der Waals surface area contributed by atoms with E-state index in [1.54, 1.807) is 13.1 Å². The lowest BCUT2D eigenvalue weighted by Crippen LogP contribution is -2.13. The highest BCUT2D eigenvalue weighted by molar-refractivity contribution is 9.11. The lowest BCUT2D eigenvalue weighted by Gasteiger charge is -2.04. The second kappa shape index (κ2) is 5.45. The zero-order valence-electron chi connectivity index (χ0n) is 9.71. The first-order chi connectivity index (χ1) is 8.97. The van der Waals surface area contributed by atoms with E-state index in [-0.39, 0.29) is 11.6 Å². The summed E-state index contributed by atoms with van der Waals surface area (Å²) < 4.78 is 0.809. The van der Waals surface area contributed by atoms with Crippen LogP contribution in [0.5, 0.6) is 0 Å². The van der Waals surface area contributed by atoms with Crippen LogP contribution in [0.3, 0.4) is 0 Å². The summed E-state index contributed by atoms with van der Waals surface area (Å²) >= 11 is 4.54. The number of halogens is 1. The van der Waals surface area contributed by atoms with Crippen molar-refractivity contribution in [2.24, 2.45) is 0 Å². The van der Waals surface area contributed by atoms with Crippen LogP contribution in [0.1, 0.15) is 15.9 Å². The van der Waals surface area contributed by atoms with Crippen LogP contribution in [-0.2, 0) is 0 Å². The molecule has 0 spiro atoms. The molecule has 1 aromatic heterocycles. The second-order valence-electron chi connectivity index (χ2n) is 3.68. The SMILES string of the molecule is Cc1cc([N+](=O)[O-])ccc1C(=O)Nc1ncc(Br)s1. The number of anilines is 1. The Morgan fingerprint density at radius 1 is 1.53 bits per heavy atom. The molecule has 1 aromatic carbocycles. The van der Waals surface area contributed by atoms with E-state index in [4.69, 9.17) is 0 Å². The van der Waals surface area contributed by atoms with Crippen LogP contribution >= 0.6 is 27.3 Å². The minimum absolute atomic E-state index is 0.0361. The first kappa shape index (κ1) is 13.6. The molecule has 98 valence electrons. The van der Waals surface area contributed by atoms with Crippen molar-refractivity contribution in [1.29, 1.82) is 0 Å². The summed E-state index contributed by atoms with van der Waals surface area (Å²) in [5, 5.41) is 13.7. The molecule has 0 fully saturated rings.